The molecular formula is C29H37N3O9. The number of phenols is 1. The fourth-order valence-electron chi connectivity index (χ4n) is 6.81. The number of aliphatic hydroxyl groups is 2. The van der Waals surface area contributed by atoms with Crippen LogP contribution in [-0.4, -0.2) is 88.1 Å². The van der Waals surface area contributed by atoms with Gasteiger partial charge in [-0.15, -0.1) is 0 Å². The summed E-state index contributed by atoms with van der Waals surface area (Å²) in [5.41, 5.74) is 5.41. The van der Waals surface area contributed by atoms with Crippen molar-refractivity contribution < 1.29 is 43.9 Å². The molecule has 6 atom stereocenters. The molecule has 2 heterocycles. The Kier molecular flexibility index (Phi) is 7.51. The van der Waals surface area contributed by atoms with Gasteiger partial charge in [-0.2, -0.15) is 0 Å². The Morgan fingerprint density at radius 1 is 1.32 bits per heavy atom. The van der Waals surface area contributed by atoms with Crippen molar-refractivity contribution >= 4 is 17.8 Å². The first-order valence-electron chi connectivity index (χ1n) is 13.8. The number of hydrogen-bond donors (Lipinski definition) is 5. The van der Waals surface area contributed by atoms with Gasteiger partial charge in [-0.1, -0.05) is 12.6 Å². The maximum absolute atomic E-state index is 13.0. The van der Waals surface area contributed by atoms with Crippen LogP contribution in [0.3, 0.4) is 0 Å². The second-order valence-corrected chi connectivity index (χ2v) is 11.4. The Labute approximate surface area is 237 Å². The summed E-state index contributed by atoms with van der Waals surface area (Å²) in [5.74, 6) is -1.61. The lowest BCUT2D eigenvalue weighted by molar-refractivity contribution is -0.175. The van der Waals surface area contributed by atoms with E-state index in [1.807, 2.05) is 13.1 Å². The molecule has 5 rings (SSSR count). The van der Waals surface area contributed by atoms with Crippen LogP contribution in [0.25, 0.3) is 0 Å². The highest BCUT2D eigenvalue weighted by atomic mass is 16.6. The number of rotatable bonds is 10. The zero-order valence-electron chi connectivity index (χ0n) is 23.2. The number of carbonyl (C=O) groups excluding carboxylic acids is 3. The van der Waals surface area contributed by atoms with Gasteiger partial charge in [-0.05, 0) is 57.5 Å². The molecule has 1 spiro atoms. The first-order valence-corrected chi connectivity index (χ1v) is 13.8. The van der Waals surface area contributed by atoms with Crippen LogP contribution in [0.5, 0.6) is 11.5 Å². The van der Waals surface area contributed by atoms with Gasteiger partial charge >= 0.3 is 11.9 Å². The van der Waals surface area contributed by atoms with E-state index >= 15 is 0 Å². The van der Waals surface area contributed by atoms with E-state index in [-0.39, 0.29) is 55.5 Å². The summed E-state index contributed by atoms with van der Waals surface area (Å²) in [6, 6.07) is 2.40. The number of aliphatic hydroxyl groups excluding tert-OH is 1. The Hall–Kier alpha value is -3.61. The van der Waals surface area contributed by atoms with Gasteiger partial charge in [0.2, 0.25) is 5.91 Å². The molecule has 1 fully saturated rings. The van der Waals surface area contributed by atoms with Crippen molar-refractivity contribution in [2.75, 3.05) is 20.1 Å². The summed E-state index contributed by atoms with van der Waals surface area (Å²) in [7, 11) is 1.98. The zero-order valence-corrected chi connectivity index (χ0v) is 23.2. The quantitative estimate of drug-likeness (QED) is 0.198. The Balaban J connectivity index is 1.23. The van der Waals surface area contributed by atoms with Crippen molar-refractivity contribution in [2.24, 2.45) is 5.73 Å². The Morgan fingerprint density at radius 2 is 2.07 bits per heavy atom. The SMILES string of the molecule is C=C(O)CC[C@H](N)C(=O)NCCC(=O)O[C@@H](C)C(=O)OC1=CC[C@@]2(O)[C@H]3Cc4ccc(O)c5c4[C@@]2(CCN3C)[C@H]1O5. The molecule has 0 saturated carbocycles. The molecule has 0 radical (unpaired) electrons. The molecule has 12 heteroatoms. The number of phenolic OH excluding ortho intramolecular Hbond substituents is 1. The van der Waals surface area contributed by atoms with Crippen LogP contribution in [0.4, 0.5) is 0 Å². The highest BCUT2D eigenvalue weighted by molar-refractivity contribution is 5.83. The first kappa shape index (κ1) is 28.9. The maximum Gasteiger partial charge on any atom is 0.352 e. The molecule has 222 valence electrons. The fourth-order valence-corrected chi connectivity index (χ4v) is 6.81. The summed E-state index contributed by atoms with van der Waals surface area (Å²) in [6.45, 7) is 5.37. The lowest BCUT2D eigenvalue weighted by Crippen LogP contribution is -2.74. The Bertz CT molecular complexity index is 1310. The number of nitrogens with two attached hydrogens (primary N) is 1. The van der Waals surface area contributed by atoms with Crippen molar-refractivity contribution in [1.82, 2.24) is 10.2 Å². The minimum absolute atomic E-state index is 0.0351. The van der Waals surface area contributed by atoms with Crippen LogP contribution in [0.2, 0.25) is 0 Å². The first-order chi connectivity index (χ1) is 19.4. The molecular weight excluding hydrogens is 534 g/mol. The van der Waals surface area contributed by atoms with E-state index in [1.165, 1.54) is 6.92 Å². The molecule has 2 aliphatic heterocycles. The van der Waals surface area contributed by atoms with Gasteiger partial charge in [0.1, 0.15) is 5.76 Å². The van der Waals surface area contributed by atoms with E-state index in [1.54, 1.807) is 12.1 Å². The van der Waals surface area contributed by atoms with Crippen LogP contribution in [-0.2, 0) is 35.7 Å². The van der Waals surface area contributed by atoms with Gasteiger partial charge in [0, 0.05) is 31.0 Å². The summed E-state index contributed by atoms with van der Waals surface area (Å²) < 4.78 is 17.2. The third-order valence-electron chi connectivity index (χ3n) is 8.92. The van der Waals surface area contributed by atoms with Crippen molar-refractivity contribution in [2.45, 2.75) is 80.8 Å². The van der Waals surface area contributed by atoms with Crippen LogP contribution in [0.15, 0.2) is 36.3 Å². The zero-order chi connectivity index (χ0) is 29.7. The summed E-state index contributed by atoms with van der Waals surface area (Å²) >= 11 is 0. The van der Waals surface area contributed by atoms with Crippen LogP contribution in [0.1, 0.15) is 50.2 Å². The van der Waals surface area contributed by atoms with E-state index in [4.69, 9.17) is 25.1 Å². The van der Waals surface area contributed by atoms with Crippen LogP contribution < -0.4 is 15.8 Å². The number of ether oxygens (including phenoxy) is 3. The molecule has 6 N–H and O–H groups in total. The number of hydrogen-bond acceptors (Lipinski definition) is 11. The molecule has 1 saturated heterocycles. The lowest BCUT2D eigenvalue weighted by Gasteiger charge is -2.61. The van der Waals surface area contributed by atoms with Gasteiger partial charge in [0.25, 0.3) is 0 Å². The molecule has 2 bridgehead atoms. The largest absolute Gasteiger partial charge is 0.513 e. The normalized spacial score (nSPS) is 28.8. The maximum atomic E-state index is 13.0. The number of amides is 1. The van der Waals surface area contributed by atoms with Gasteiger partial charge in [-0.25, -0.2) is 4.79 Å². The number of aromatic hydroxyl groups is 1. The van der Waals surface area contributed by atoms with Crippen molar-refractivity contribution in [3.05, 3.63) is 47.4 Å². The lowest BCUT2D eigenvalue weighted by atomic mass is 9.50. The summed E-state index contributed by atoms with van der Waals surface area (Å²) in [5, 5.41) is 34.4. The molecule has 1 aromatic carbocycles. The number of nitrogens with zero attached hydrogens (tertiary/aromatic N) is 1. The van der Waals surface area contributed by atoms with E-state index < -0.39 is 47.1 Å². The van der Waals surface area contributed by atoms with Crippen molar-refractivity contribution in [3.8, 4) is 11.5 Å². The molecule has 1 aromatic rings. The van der Waals surface area contributed by atoms with Gasteiger partial charge in [0.05, 0.1) is 29.2 Å². The molecule has 0 unspecified atom stereocenters. The number of esters is 2. The minimum Gasteiger partial charge on any atom is -0.513 e. The second kappa shape index (κ2) is 10.7. The number of carbonyl (C=O) groups is 3. The standard InChI is InChI=1S/C29H37N3O9/c1-15(33)4-6-18(30)26(36)31-12-9-22(35)39-16(2)27(37)40-20-8-10-29(38)21-14-17-5-7-19(34)24-23(17)28(29,25(20)41-24)11-13-32(21)3/h5,7-8,16,18,21,25,33-34,38H,1,4,6,9-14,30H2,2-3H3,(H,31,36)/t16-,18-,21+,25-,28-,29+/m0/s1. The highest BCUT2D eigenvalue weighted by Gasteiger charge is 2.72. The number of nitrogens with one attached hydrogen (secondary N) is 1. The molecule has 2 aliphatic carbocycles. The monoisotopic (exact) mass is 571 g/mol. The fraction of sp³-hybridized carbons (Fsp3) is 0.552. The number of allylic oxidation sites excluding steroid dienone is 1. The topological polar surface area (TPSA) is 181 Å². The molecule has 0 aromatic heterocycles. The average molecular weight is 572 g/mol. The van der Waals surface area contributed by atoms with Crippen molar-refractivity contribution in [1.29, 1.82) is 0 Å². The summed E-state index contributed by atoms with van der Waals surface area (Å²) in [6.07, 6.45) is 1.12. The molecule has 41 heavy (non-hydrogen) atoms. The van der Waals surface area contributed by atoms with Gasteiger partial charge in [0.15, 0.2) is 23.7 Å². The minimum atomic E-state index is -1.25. The highest BCUT2D eigenvalue weighted by Crippen LogP contribution is 2.65. The third kappa shape index (κ3) is 4.73. The van der Waals surface area contributed by atoms with Crippen molar-refractivity contribution in [3.63, 3.8) is 0 Å². The predicted octanol–water partition coefficient (Wildman–Crippen LogP) is 0.830. The molecule has 1 amide bonds. The van der Waals surface area contributed by atoms with E-state index in [0.29, 0.717) is 25.1 Å². The Morgan fingerprint density at radius 3 is 2.80 bits per heavy atom. The number of likely N-dealkylation sites (tertiary alicyclic amines) is 1. The van der Waals surface area contributed by atoms with Crippen LogP contribution in [0, 0.1) is 0 Å². The molecule has 12 nitrogen and oxygen atoms in total. The molecule has 4 aliphatic rings. The predicted molar refractivity (Wildman–Crippen MR) is 145 cm³/mol. The van der Waals surface area contributed by atoms with E-state index in [0.717, 1.165) is 11.1 Å². The number of likely N-dealkylation sites (N-methyl/N-ethyl adjacent to an activating group) is 1. The van der Waals surface area contributed by atoms with Gasteiger partial charge in [-0.3, -0.25) is 9.59 Å². The number of piperidine rings is 1. The van der Waals surface area contributed by atoms with E-state index in [9.17, 15) is 24.6 Å². The van der Waals surface area contributed by atoms with Gasteiger partial charge < -0.3 is 45.5 Å². The van der Waals surface area contributed by atoms with Crippen LogP contribution >= 0.6 is 0 Å². The summed E-state index contributed by atoms with van der Waals surface area (Å²) in [4.78, 5) is 39.5. The average Bonchev–Trinajstić information content (AvgIpc) is 3.28. The second-order valence-electron chi connectivity index (χ2n) is 11.4. The van der Waals surface area contributed by atoms with E-state index in [2.05, 4.69) is 16.8 Å². The third-order valence-corrected chi connectivity index (χ3v) is 8.92. The smallest absolute Gasteiger partial charge is 0.352 e. The number of benzene rings is 1.